The third-order valence-electron chi connectivity index (χ3n) is 5.88. The number of hydrogen-bond donors (Lipinski definition) is 1. The minimum absolute atomic E-state index is 0.189. The zero-order valence-electron chi connectivity index (χ0n) is 17.8. The van der Waals surface area contributed by atoms with Gasteiger partial charge in [-0.2, -0.15) is 13.2 Å². The Morgan fingerprint density at radius 1 is 1.06 bits per heavy atom. The summed E-state index contributed by atoms with van der Waals surface area (Å²) in [6.45, 7) is 4.86. The molecule has 2 fully saturated rings. The van der Waals surface area contributed by atoms with Crippen molar-refractivity contribution in [3.8, 4) is 0 Å². The summed E-state index contributed by atoms with van der Waals surface area (Å²) in [4.78, 5) is 26.2. The van der Waals surface area contributed by atoms with Gasteiger partial charge in [0.05, 0.1) is 6.61 Å². The molecule has 1 aromatic rings. The van der Waals surface area contributed by atoms with Crippen LogP contribution in [0.3, 0.4) is 0 Å². The quantitative estimate of drug-likeness (QED) is 0.751. The van der Waals surface area contributed by atoms with Crippen molar-refractivity contribution in [3.05, 3.63) is 35.9 Å². The third kappa shape index (κ3) is 7.81. The van der Waals surface area contributed by atoms with Crippen molar-refractivity contribution in [1.29, 1.82) is 0 Å². The summed E-state index contributed by atoms with van der Waals surface area (Å²) >= 11 is 0. The molecule has 1 atom stereocenters. The lowest BCUT2D eigenvalue weighted by molar-refractivity contribution is -0.192. The standard InChI is InChI=1S/C20H30N2O2.C2HF3O2/c1-24-16-15-21-12-6-5-9-19(21)17-10-13-22(14-11-17)20(23)18-7-3-2-4-8-18;3-2(4,5)1(6)7/h2-4,7-8,17,19H,5-6,9-16H2,1H3;(H,6,7). The second kappa shape index (κ2) is 12.0. The molecule has 9 heteroatoms. The number of methoxy groups -OCH3 is 1. The fourth-order valence-electron chi connectivity index (χ4n) is 4.29. The average Bonchev–Trinajstić information content (AvgIpc) is 2.78. The Morgan fingerprint density at radius 3 is 2.23 bits per heavy atom. The second-order valence-corrected chi connectivity index (χ2v) is 7.89. The van der Waals surface area contributed by atoms with Gasteiger partial charge in [0, 0.05) is 38.3 Å². The van der Waals surface area contributed by atoms with Crippen LogP contribution in [0.2, 0.25) is 0 Å². The lowest BCUT2D eigenvalue weighted by atomic mass is 9.83. The van der Waals surface area contributed by atoms with Gasteiger partial charge >= 0.3 is 12.1 Å². The molecule has 2 heterocycles. The predicted molar refractivity (Wildman–Crippen MR) is 110 cm³/mol. The average molecular weight is 444 g/mol. The van der Waals surface area contributed by atoms with E-state index >= 15 is 0 Å². The number of rotatable bonds is 5. The van der Waals surface area contributed by atoms with E-state index in [9.17, 15) is 18.0 Å². The van der Waals surface area contributed by atoms with Gasteiger partial charge in [0.1, 0.15) is 0 Å². The summed E-state index contributed by atoms with van der Waals surface area (Å²) < 4.78 is 37.0. The summed E-state index contributed by atoms with van der Waals surface area (Å²) in [5, 5.41) is 7.12. The van der Waals surface area contributed by atoms with Crippen molar-refractivity contribution >= 4 is 11.9 Å². The van der Waals surface area contributed by atoms with Crippen LogP contribution in [0.25, 0.3) is 0 Å². The smallest absolute Gasteiger partial charge is 0.475 e. The Hall–Kier alpha value is -2.13. The Bertz CT molecular complexity index is 692. The molecule has 6 nitrogen and oxygen atoms in total. The number of alkyl halides is 3. The molecule has 0 radical (unpaired) electrons. The second-order valence-electron chi connectivity index (χ2n) is 7.89. The molecule has 0 aliphatic carbocycles. The summed E-state index contributed by atoms with van der Waals surface area (Å²) in [6.07, 6.45) is 1.14. The van der Waals surface area contributed by atoms with Gasteiger partial charge in [-0.1, -0.05) is 24.6 Å². The molecule has 0 saturated carbocycles. The van der Waals surface area contributed by atoms with E-state index in [2.05, 4.69) is 4.90 Å². The maximum absolute atomic E-state index is 12.6. The number of piperidine rings is 2. The molecule has 174 valence electrons. The number of carbonyl (C=O) groups is 2. The minimum atomic E-state index is -5.08. The third-order valence-corrected chi connectivity index (χ3v) is 5.88. The lowest BCUT2D eigenvalue weighted by Gasteiger charge is -2.43. The van der Waals surface area contributed by atoms with E-state index in [4.69, 9.17) is 14.6 Å². The van der Waals surface area contributed by atoms with E-state index in [1.807, 2.05) is 35.2 Å². The number of ether oxygens (including phenoxy) is 1. The van der Waals surface area contributed by atoms with E-state index in [1.54, 1.807) is 7.11 Å². The molecule has 0 aromatic heterocycles. The highest BCUT2D eigenvalue weighted by atomic mass is 19.4. The van der Waals surface area contributed by atoms with Gasteiger partial charge < -0.3 is 14.7 Å². The van der Waals surface area contributed by atoms with Gasteiger partial charge in [-0.3, -0.25) is 9.69 Å². The largest absolute Gasteiger partial charge is 0.490 e. The minimum Gasteiger partial charge on any atom is -0.475 e. The zero-order valence-corrected chi connectivity index (χ0v) is 17.8. The molecule has 1 N–H and O–H groups in total. The summed E-state index contributed by atoms with van der Waals surface area (Å²) in [5.41, 5.74) is 0.815. The number of carboxylic acid groups (broad SMARTS) is 1. The Labute approximate surface area is 181 Å². The first-order valence-electron chi connectivity index (χ1n) is 10.6. The number of hydrogen-bond acceptors (Lipinski definition) is 4. The monoisotopic (exact) mass is 444 g/mol. The topological polar surface area (TPSA) is 70.1 Å². The number of nitrogens with zero attached hydrogens (tertiary/aromatic N) is 2. The van der Waals surface area contributed by atoms with Crippen molar-refractivity contribution in [2.75, 3.05) is 39.9 Å². The molecule has 1 amide bonds. The van der Waals surface area contributed by atoms with Crippen molar-refractivity contribution in [2.45, 2.75) is 44.3 Å². The number of halogens is 3. The summed E-state index contributed by atoms with van der Waals surface area (Å²) in [5.74, 6) is -1.84. The molecule has 0 bridgehead atoms. The molecule has 2 aliphatic heterocycles. The van der Waals surface area contributed by atoms with Crippen LogP contribution in [0.4, 0.5) is 13.2 Å². The SMILES string of the molecule is COCCN1CCCCC1C1CCN(C(=O)c2ccccc2)CC1.O=C(O)C(F)(F)F. The molecule has 2 saturated heterocycles. The zero-order chi connectivity index (χ0) is 22.9. The number of benzene rings is 1. The Balaban J connectivity index is 0.000000423. The fraction of sp³-hybridized carbons (Fsp3) is 0.636. The van der Waals surface area contributed by atoms with Gasteiger partial charge in [-0.15, -0.1) is 0 Å². The van der Waals surface area contributed by atoms with Crippen LogP contribution in [-0.4, -0.2) is 78.9 Å². The number of carbonyl (C=O) groups excluding carboxylic acids is 1. The molecule has 2 aliphatic rings. The van der Waals surface area contributed by atoms with Crippen molar-refractivity contribution in [2.24, 2.45) is 5.92 Å². The van der Waals surface area contributed by atoms with Gasteiger partial charge in [0.2, 0.25) is 0 Å². The maximum atomic E-state index is 12.6. The van der Waals surface area contributed by atoms with E-state index in [0.717, 1.165) is 50.6 Å². The van der Waals surface area contributed by atoms with E-state index < -0.39 is 12.1 Å². The first-order valence-corrected chi connectivity index (χ1v) is 10.6. The van der Waals surface area contributed by atoms with E-state index in [-0.39, 0.29) is 5.91 Å². The first kappa shape index (κ1) is 25.1. The van der Waals surface area contributed by atoms with E-state index in [1.165, 1.54) is 25.8 Å². The molecule has 3 rings (SSSR count). The van der Waals surface area contributed by atoms with E-state index in [0.29, 0.717) is 6.04 Å². The molecular weight excluding hydrogens is 413 g/mol. The summed E-state index contributed by atoms with van der Waals surface area (Å²) in [7, 11) is 1.78. The Morgan fingerprint density at radius 2 is 1.68 bits per heavy atom. The maximum Gasteiger partial charge on any atom is 0.490 e. The van der Waals surface area contributed by atoms with Gasteiger partial charge in [0.25, 0.3) is 5.91 Å². The number of carboxylic acids is 1. The summed E-state index contributed by atoms with van der Waals surface area (Å²) in [6, 6.07) is 10.4. The number of amides is 1. The van der Waals surface area contributed by atoms with Crippen LogP contribution in [0, 0.1) is 5.92 Å². The highest BCUT2D eigenvalue weighted by molar-refractivity contribution is 5.94. The highest BCUT2D eigenvalue weighted by Crippen LogP contribution is 2.30. The fourth-order valence-corrected chi connectivity index (χ4v) is 4.29. The van der Waals surface area contributed by atoms with Crippen LogP contribution in [0.15, 0.2) is 30.3 Å². The van der Waals surface area contributed by atoms with Crippen LogP contribution >= 0.6 is 0 Å². The van der Waals surface area contributed by atoms with Gasteiger partial charge in [-0.25, -0.2) is 4.79 Å². The molecule has 31 heavy (non-hydrogen) atoms. The van der Waals surface area contributed by atoms with Crippen LogP contribution in [0.5, 0.6) is 0 Å². The molecule has 1 unspecified atom stereocenters. The lowest BCUT2D eigenvalue weighted by Crippen LogP contribution is -2.49. The molecular formula is C22H31F3N2O4. The van der Waals surface area contributed by atoms with Gasteiger partial charge in [0.15, 0.2) is 0 Å². The van der Waals surface area contributed by atoms with Crippen molar-refractivity contribution < 1.29 is 32.6 Å². The normalized spacial score (nSPS) is 20.6. The number of aliphatic carboxylic acids is 1. The van der Waals surface area contributed by atoms with Crippen molar-refractivity contribution in [3.63, 3.8) is 0 Å². The van der Waals surface area contributed by atoms with Crippen LogP contribution < -0.4 is 0 Å². The molecule has 1 aromatic carbocycles. The van der Waals surface area contributed by atoms with Crippen LogP contribution in [0.1, 0.15) is 42.5 Å². The number of likely N-dealkylation sites (tertiary alicyclic amines) is 2. The first-order chi connectivity index (χ1) is 14.7. The molecule has 0 spiro atoms. The Kier molecular flexibility index (Phi) is 9.77. The van der Waals surface area contributed by atoms with Crippen molar-refractivity contribution in [1.82, 2.24) is 9.80 Å². The van der Waals surface area contributed by atoms with Crippen LogP contribution in [-0.2, 0) is 9.53 Å². The highest BCUT2D eigenvalue weighted by Gasteiger charge is 2.38. The van der Waals surface area contributed by atoms with Gasteiger partial charge in [-0.05, 0) is 50.3 Å². The predicted octanol–water partition coefficient (Wildman–Crippen LogP) is 3.67.